The standard InChI is InChI=1S/C17H27NO3/c1-4-20-12-15(19)10-18-11-16(21-13-17(18,2)3)14-8-6-5-7-9-14/h5-9,15-16,19H,4,10-13H2,1-3H3. The summed E-state index contributed by atoms with van der Waals surface area (Å²) in [7, 11) is 0. The van der Waals surface area contributed by atoms with Crippen LogP contribution in [0, 0.1) is 0 Å². The number of aliphatic hydroxyl groups is 1. The molecule has 1 N–H and O–H groups in total. The first kappa shape index (κ1) is 16.4. The van der Waals surface area contributed by atoms with Gasteiger partial charge < -0.3 is 14.6 Å². The molecule has 1 aromatic rings. The summed E-state index contributed by atoms with van der Waals surface area (Å²) in [6, 6.07) is 10.3. The summed E-state index contributed by atoms with van der Waals surface area (Å²) in [4.78, 5) is 2.30. The van der Waals surface area contributed by atoms with Gasteiger partial charge in [0.25, 0.3) is 0 Å². The van der Waals surface area contributed by atoms with Crippen molar-refractivity contribution >= 4 is 0 Å². The van der Waals surface area contributed by atoms with Gasteiger partial charge in [-0.3, -0.25) is 4.90 Å². The van der Waals surface area contributed by atoms with E-state index >= 15 is 0 Å². The first-order chi connectivity index (χ1) is 10.0. The van der Waals surface area contributed by atoms with Crippen LogP contribution in [0.25, 0.3) is 0 Å². The van der Waals surface area contributed by atoms with E-state index in [-0.39, 0.29) is 11.6 Å². The molecule has 1 saturated heterocycles. The summed E-state index contributed by atoms with van der Waals surface area (Å²) < 4.78 is 11.3. The molecular weight excluding hydrogens is 266 g/mol. The third-order valence-electron chi connectivity index (χ3n) is 4.00. The Bertz CT molecular complexity index is 421. The van der Waals surface area contributed by atoms with E-state index < -0.39 is 6.10 Å². The van der Waals surface area contributed by atoms with Gasteiger partial charge in [0.05, 0.1) is 25.4 Å². The zero-order valence-electron chi connectivity index (χ0n) is 13.3. The maximum absolute atomic E-state index is 10.1. The molecule has 4 nitrogen and oxygen atoms in total. The van der Waals surface area contributed by atoms with Crippen LogP contribution in [0.4, 0.5) is 0 Å². The SMILES string of the molecule is CCOCC(O)CN1CC(c2ccccc2)OCC1(C)C. The molecule has 1 fully saturated rings. The average molecular weight is 293 g/mol. The highest BCUT2D eigenvalue weighted by molar-refractivity contribution is 5.18. The van der Waals surface area contributed by atoms with Crippen molar-refractivity contribution in [1.29, 1.82) is 0 Å². The molecule has 0 spiro atoms. The van der Waals surface area contributed by atoms with Crippen LogP contribution in [-0.4, -0.2) is 54.6 Å². The minimum absolute atomic E-state index is 0.0681. The second kappa shape index (κ2) is 7.36. The van der Waals surface area contributed by atoms with Gasteiger partial charge in [-0.1, -0.05) is 30.3 Å². The van der Waals surface area contributed by atoms with Gasteiger partial charge in [-0.2, -0.15) is 0 Å². The number of β-amino-alcohol motifs (C(OH)–C–C–N with tert-alkyl or cyclic N) is 1. The molecule has 2 rings (SSSR count). The van der Waals surface area contributed by atoms with Crippen molar-refractivity contribution in [2.45, 2.75) is 38.5 Å². The lowest BCUT2D eigenvalue weighted by molar-refractivity contribution is -0.115. The lowest BCUT2D eigenvalue weighted by atomic mass is 9.97. The monoisotopic (exact) mass is 293 g/mol. The fourth-order valence-electron chi connectivity index (χ4n) is 2.65. The Balaban J connectivity index is 1.99. The van der Waals surface area contributed by atoms with Crippen LogP contribution in [0.2, 0.25) is 0 Å². The van der Waals surface area contributed by atoms with Crippen LogP contribution in [0.1, 0.15) is 32.4 Å². The number of hydrogen-bond acceptors (Lipinski definition) is 4. The number of nitrogens with zero attached hydrogens (tertiary/aromatic N) is 1. The molecule has 1 aliphatic heterocycles. The summed E-state index contributed by atoms with van der Waals surface area (Å²) in [5.41, 5.74) is 1.12. The van der Waals surface area contributed by atoms with Crippen molar-refractivity contribution in [1.82, 2.24) is 4.90 Å². The second-order valence-corrected chi connectivity index (χ2v) is 6.24. The Morgan fingerprint density at radius 2 is 2.10 bits per heavy atom. The molecule has 1 aromatic carbocycles. The molecule has 0 amide bonds. The maximum Gasteiger partial charge on any atom is 0.0952 e. The zero-order valence-corrected chi connectivity index (χ0v) is 13.3. The molecular formula is C17H27NO3. The number of benzene rings is 1. The van der Waals surface area contributed by atoms with Gasteiger partial charge in [0.2, 0.25) is 0 Å². The lowest BCUT2D eigenvalue weighted by Crippen LogP contribution is -2.56. The molecule has 21 heavy (non-hydrogen) atoms. The van der Waals surface area contributed by atoms with Crippen molar-refractivity contribution < 1.29 is 14.6 Å². The molecule has 1 aliphatic rings. The highest BCUT2D eigenvalue weighted by atomic mass is 16.5. The topological polar surface area (TPSA) is 41.9 Å². The number of rotatable bonds is 6. The second-order valence-electron chi connectivity index (χ2n) is 6.24. The largest absolute Gasteiger partial charge is 0.389 e. The number of aliphatic hydroxyl groups excluding tert-OH is 1. The fraction of sp³-hybridized carbons (Fsp3) is 0.647. The number of ether oxygens (including phenoxy) is 2. The van der Waals surface area contributed by atoms with Crippen molar-refractivity contribution in [3.05, 3.63) is 35.9 Å². The van der Waals surface area contributed by atoms with Gasteiger partial charge in [0.15, 0.2) is 0 Å². The van der Waals surface area contributed by atoms with Crippen LogP contribution in [0.5, 0.6) is 0 Å². The molecule has 0 saturated carbocycles. The van der Waals surface area contributed by atoms with Crippen molar-refractivity contribution in [3.63, 3.8) is 0 Å². The Labute approximate surface area is 127 Å². The van der Waals surface area contributed by atoms with Crippen molar-refractivity contribution in [2.75, 3.05) is 32.9 Å². The minimum atomic E-state index is -0.459. The quantitative estimate of drug-likeness (QED) is 0.873. The normalized spacial score (nSPS) is 23.9. The first-order valence-electron chi connectivity index (χ1n) is 7.70. The van der Waals surface area contributed by atoms with Crippen LogP contribution >= 0.6 is 0 Å². The first-order valence-corrected chi connectivity index (χ1v) is 7.70. The van der Waals surface area contributed by atoms with E-state index in [0.29, 0.717) is 26.4 Å². The molecule has 0 radical (unpaired) electrons. The van der Waals surface area contributed by atoms with E-state index in [1.165, 1.54) is 5.56 Å². The van der Waals surface area contributed by atoms with Gasteiger partial charge in [0.1, 0.15) is 0 Å². The zero-order chi connectivity index (χ0) is 15.3. The van der Waals surface area contributed by atoms with Gasteiger partial charge in [-0.05, 0) is 26.3 Å². The van der Waals surface area contributed by atoms with E-state index in [9.17, 15) is 5.11 Å². The average Bonchev–Trinajstić information content (AvgIpc) is 2.48. The van der Waals surface area contributed by atoms with Crippen LogP contribution in [-0.2, 0) is 9.47 Å². The molecule has 0 aromatic heterocycles. The molecule has 0 aliphatic carbocycles. The highest BCUT2D eigenvalue weighted by Gasteiger charge is 2.36. The van der Waals surface area contributed by atoms with Gasteiger partial charge in [-0.25, -0.2) is 0 Å². The Kier molecular flexibility index (Phi) is 5.76. The summed E-state index contributed by atoms with van der Waals surface area (Å²) in [5.74, 6) is 0. The van der Waals surface area contributed by atoms with E-state index in [1.54, 1.807) is 0 Å². The molecule has 118 valence electrons. The Morgan fingerprint density at radius 1 is 1.38 bits per heavy atom. The van der Waals surface area contributed by atoms with E-state index in [2.05, 4.69) is 30.9 Å². The predicted molar refractivity (Wildman–Crippen MR) is 83.3 cm³/mol. The number of morpholine rings is 1. The van der Waals surface area contributed by atoms with Crippen LogP contribution in [0.3, 0.4) is 0 Å². The molecule has 2 unspecified atom stereocenters. The van der Waals surface area contributed by atoms with Crippen molar-refractivity contribution in [2.24, 2.45) is 0 Å². The summed E-state index contributed by atoms with van der Waals surface area (Å²) >= 11 is 0. The highest BCUT2D eigenvalue weighted by Crippen LogP contribution is 2.30. The van der Waals surface area contributed by atoms with Gasteiger partial charge >= 0.3 is 0 Å². The number of hydrogen-bond donors (Lipinski definition) is 1. The van der Waals surface area contributed by atoms with Gasteiger partial charge in [-0.15, -0.1) is 0 Å². The Hall–Kier alpha value is -0.940. The molecule has 2 atom stereocenters. The minimum Gasteiger partial charge on any atom is -0.389 e. The predicted octanol–water partition coefficient (Wildman–Crippen LogP) is 2.24. The summed E-state index contributed by atoms with van der Waals surface area (Å²) in [5, 5.41) is 10.1. The van der Waals surface area contributed by atoms with Crippen molar-refractivity contribution in [3.8, 4) is 0 Å². The van der Waals surface area contributed by atoms with Crippen LogP contribution in [0.15, 0.2) is 30.3 Å². The fourth-order valence-corrected chi connectivity index (χ4v) is 2.65. The lowest BCUT2D eigenvalue weighted by Gasteiger charge is -2.46. The van der Waals surface area contributed by atoms with E-state index in [0.717, 1.165) is 6.54 Å². The maximum atomic E-state index is 10.1. The molecule has 1 heterocycles. The van der Waals surface area contributed by atoms with E-state index in [1.807, 2.05) is 25.1 Å². The summed E-state index contributed by atoms with van der Waals surface area (Å²) in [6.45, 7) is 9.34. The van der Waals surface area contributed by atoms with Crippen LogP contribution < -0.4 is 0 Å². The third-order valence-corrected chi connectivity index (χ3v) is 4.00. The smallest absolute Gasteiger partial charge is 0.0952 e. The molecule has 4 heteroatoms. The van der Waals surface area contributed by atoms with E-state index in [4.69, 9.17) is 9.47 Å². The molecule has 0 bridgehead atoms. The summed E-state index contributed by atoms with van der Waals surface area (Å²) in [6.07, 6.45) is -0.391. The third kappa shape index (κ3) is 4.51. The van der Waals surface area contributed by atoms with Gasteiger partial charge in [0, 0.05) is 25.2 Å². The Morgan fingerprint density at radius 3 is 2.76 bits per heavy atom.